The third kappa shape index (κ3) is 33.2. The average Bonchev–Trinajstić information content (AvgIpc) is 1.75. The molecule has 135 heavy (non-hydrogen) atoms. The number of ether oxygens (including phenoxy) is 4. The van der Waals surface area contributed by atoms with Gasteiger partial charge in [-0.05, 0) is 211 Å². The molecule has 0 saturated heterocycles. The van der Waals surface area contributed by atoms with Gasteiger partial charge in [0.1, 0.15) is 25.4 Å². The standard InChI is InChI=1S/C28H28F3N3O3.C25H24F3N3O3.C24H26N4O4.C24H23N3O5/c29-28(30,31)22-14-12-20(13-15-22)24(16-9-18-5-6-18)34-27(36)37-17-19-7-10-21(11-8-19)26(35)33-25-4-2-1-3-23(25)32;1-16-6-8-17(9-7-16)15-30-24(33)34-22(14-25(26,27)28)18-10-12-19(13-11-18)23(32)31-21-5-3-2-4-20(21)29;25-19-11-5-16(6-12-19)15-27-24(31)32-22(13-14-29)17-7-9-18(10-8-17)23(30)28-21-4-2-1-3-20(21)26;1-15(17-10-12-19(13-11-17)23(29)30)26-24(31)32-14-16-6-8-18(9-7-16)22(28)27-21-5-3-2-4-20(21)25/h1-4,7-8,10-15,18,24H,5-6,9,16-17,32H2,(H,33,35)(H,34,36);2-13,22H,14-15,29H2,1H3,(H,30,33)(H,31,32);1-12,22,29H,13-15,25-26H2,(H,27,31)(H,28,30);2-13,15H,14,25H2,1H3,(H,26,31)(H,27,28)(H,29,30)/t24-;2*22-;15-/m0111/s1. The first kappa shape index (κ1) is 101. The van der Waals surface area contributed by atoms with E-state index in [4.69, 9.17) is 52.7 Å². The van der Waals surface area contributed by atoms with Crippen molar-refractivity contribution >= 4 is 105 Å². The highest BCUT2D eigenvalue weighted by molar-refractivity contribution is 6.08. The minimum absolute atomic E-state index is 0.0261. The lowest BCUT2D eigenvalue weighted by molar-refractivity contribution is -0.154. The predicted octanol–water partition coefficient (Wildman–Crippen LogP) is 20.1. The minimum atomic E-state index is -4.57. The maximum Gasteiger partial charge on any atom is 0.416 e. The molecule has 34 heteroatoms. The number of hydrogen-bond acceptors (Lipinski definition) is 19. The van der Waals surface area contributed by atoms with Crippen LogP contribution in [-0.2, 0) is 51.4 Å². The van der Waals surface area contributed by atoms with Crippen molar-refractivity contribution < 1.29 is 98.7 Å². The van der Waals surface area contributed by atoms with Crippen molar-refractivity contribution in [2.75, 3.05) is 56.5 Å². The van der Waals surface area contributed by atoms with E-state index < -0.39 is 78.8 Å². The van der Waals surface area contributed by atoms with Crippen molar-refractivity contribution in [1.29, 1.82) is 0 Å². The first-order chi connectivity index (χ1) is 64.6. The van der Waals surface area contributed by atoms with Gasteiger partial charge < -0.3 is 100 Å². The third-order valence-corrected chi connectivity index (χ3v) is 20.9. The summed E-state index contributed by atoms with van der Waals surface area (Å²) < 4.78 is 99.3. The molecular formula is C101H101F6N13O15. The fourth-order valence-corrected chi connectivity index (χ4v) is 13.0. The molecule has 28 nitrogen and oxygen atoms in total. The number of aromatic carboxylic acids is 1. The minimum Gasteiger partial charge on any atom is -0.478 e. The highest BCUT2D eigenvalue weighted by atomic mass is 19.4. The number of nitrogen functional groups attached to an aromatic ring is 5. The normalized spacial score (nSPS) is 12.2. The molecule has 1 fully saturated rings. The summed E-state index contributed by atoms with van der Waals surface area (Å²) in [6, 6.07) is 77.6. The molecule has 1 aliphatic rings. The van der Waals surface area contributed by atoms with Crippen LogP contribution < -0.4 is 71.2 Å². The number of aliphatic hydroxyl groups is 1. The number of halogens is 6. The Morgan fingerprint density at radius 1 is 0.393 bits per heavy atom. The van der Waals surface area contributed by atoms with E-state index in [0.29, 0.717) is 96.9 Å². The molecule has 0 bridgehead atoms. The van der Waals surface area contributed by atoms with Crippen molar-refractivity contribution in [2.24, 2.45) is 5.92 Å². The lowest BCUT2D eigenvalue weighted by atomic mass is 9.99. The Hall–Kier alpha value is -16.4. The molecule has 1 aliphatic carbocycles. The summed E-state index contributed by atoms with van der Waals surface area (Å²) >= 11 is 0. The second-order valence-corrected chi connectivity index (χ2v) is 31.1. The molecule has 12 aromatic rings. The van der Waals surface area contributed by atoms with E-state index in [0.717, 1.165) is 59.2 Å². The first-order valence-electron chi connectivity index (χ1n) is 42.4. The van der Waals surface area contributed by atoms with Crippen LogP contribution in [0.15, 0.2) is 291 Å². The zero-order valence-corrected chi connectivity index (χ0v) is 73.2. The fraction of sp³-hybridized carbons (Fsp3) is 0.198. The Balaban J connectivity index is 0.000000187. The zero-order valence-electron chi connectivity index (χ0n) is 73.2. The van der Waals surface area contributed by atoms with Crippen LogP contribution in [0.25, 0.3) is 0 Å². The Bertz CT molecular complexity index is 5980. The summed E-state index contributed by atoms with van der Waals surface area (Å²) in [4.78, 5) is 110. The monoisotopic (exact) mass is 1850 g/mol. The Morgan fingerprint density at radius 2 is 0.733 bits per heavy atom. The van der Waals surface area contributed by atoms with Crippen LogP contribution >= 0.6 is 0 Å². The summed E-state index contributed by atoms with van der Waals surface area (Å²) in [7, 11) is 0. The highest BCUT2D eigenvalue weighted by Crippen LogP contribution is 2.38. The molecule has 4 atom stereocenters. The number of aryl methyl sites for hydroxylation is 1. The highest BCUT2D eigenvalue weighted by Gasteiger charge is 2.36. The number of carboxylic acid groups (broad SMARTS) is 1. The van der Waals surface area contributed by atoms with Gasteiger partial charge in [-0.2, -0.15) is 26.3 Å². The van der Waals surface area contributed by atoms with Crippen LogP contribution in [0.5, 0.6) is 0 Å². The molecule has 0 aromatic heterocycles. The number of carbonyl (C=O) groups excluding carboxylic acids is 8. The predicted molar refractivity (Wildman–Crippen MR) is 502 cm³/mol. The molecule has 0 radical (unpaired) electrons. The topological polar surface area (TPSA) is 457 Å². The van der Waals surface area contributed by atoms with Gasteiger partial charge in [0.05, 0.1) is 75.1 Å². The molecule has 0 heterocycles. The number of alkyl carbamates (subject to hydrolysis) is 4. The number of amides is 8. The summed E-state index contributed by atoms with van der Waals surface area (Å²) in [6.07, 6.45) is -11.5. The number of carbonyl (C=O) groups is 9. The van der Waals surface area contributed by atoms with Crippen molar-refractivity contribution in [2.45, 2.75) is 115 Å². The summed E-state index contributed by atoms with van der Waals surface area (Å²) in [5.74, 6) is -1.81. The number of nitrogens with two attached hydrogens (primary N) is 5. The van der Waals surface area contributed by atoms with Gasteiger partial charge >= 0.3 is 42.7 Å². The van der Waals surface area contributed by atoms with Crippen molar-refractivity contribution in [3.63, 3.8) is 0 Å². The van der Waals surface area contributed by atoms with E-state index in [-0.39, 0.29) is 79.8 Å². The molecule has 8 amide bonds. The molecule has 0 aliphatic heterocycles. The van der Waals surface area contributed by atoms with Gasteiger partial charge in [-0.1, -0.05) is 176 Å². The van der Waals surface area contributed by atoms with Gasteiger partial charge in [-0.3, -0.25) is 19.2 Å². The van der Waals surface area contributed by atoms with Crippen LogP contribution in [0, 0.1) is 12.8 Å². The number of hydrogen-bond donors (Lipinski definition) is 15. The maximum absolute atomic E-state index is 13.1. The number of benzene rings is 12. The zero-order chi connectivity index (χ0) is 97.1. The van der Waals surface area contributed by atoms with Gasteiger partial charge in [0.25, 0.3) is 23.6 Å². The molecule has 12 aromatic carbocycles. The molecule has 1 saturated carbocycles. The summed E-state index contributed by atoms with van der Waals surface area (Å²) in [6.45, 7) is 3.92. The van der Waals surface area contributed by atoms with Gasteiger partial charge in [0, 0.05) is 54.1 Å². The molecule has 702 valence electrons. The summed E-state index contributed by atoms with van der Waals surface area (Å²) in [5.41, 5.74) is 40.6. The van der Waals surface area contributed by atoms with E-state index in [1.165, 1.54) is 48.5 Å². The molecular weight excluding hydrogens is 1750 g/mol. The Kier molecular flexibility index (Phi) is 36.6. The van der Waals surface area contributed by atoms with Gasteiger partial charge in [-0.15, -0.1) is 0 Å². The average molecular weight is 1850 g/mol. The third-order valence-electron chi connectivity index (χ3n) is 20.9. The number of para-hydroxylation sites is 8. The summed E-state index contributed by atoms with van der Waals surface area (Å²) in [5, 5.41) is 39.8. The SMILES string of the molecule is C[C@@H](NC(=O)OCc1ccc(C(=O)Nc2ccccc2N)cc1)c1ccc(C(=O)O)cc1.Cc1ccc(CNC(=O)O[C@H](CC(F)(F)F)c2ccc(C(=O)Nc3ccccc3N)cc2)cc1.Nc1ccc(CNC(=O)O[C@H](CCO)c2ccc(C(=O)Nc3ccccc3N)cc2)cc1.Nc1ccccc1NC(=O)c1ccc(COC(=O)N[C@@H](CCC2CC2)c2ccc(C(F)(F)F)cc2)cc1. The number of nitrogens with one attached hydrogen (secondary N) is 8. The lowest BCUT2D eigenvalue weighted by Gasteiger charge is -2.20. The van der Waals surface area contributed by atoms with E-state index in [1.807, 2.05) is 31.2 Å². The van der Waals surface area contributed by atoms with Crippen molar-refractivity contribution in [3.05, 3.63) is 375 Å². The molecule has 0 unspecified atom stereocenters. The number of carboxylic acids is 1. The van der Waals surface area contributed by atoms with E-state index >= 15 is 0 Å². The second kappa shape index (κ2) is 49.0. The Morgan fingerprint density at radius 3 is 1.10 bits per heavy atom. The maximum atomic E-state index is 13.1. The molecule has 13 rings (SSSR count). The van der Waals surface area contributed by atoms with Crippen LogP contribution in [0.4, 0.5) is 96.7 Å². The van der Waals surface area contributed by atoms with E-state index in [1.54, 1.807) is 213 Å². The van der Waals surface area contributed by atoms with Crippen LogP contribution in [-0.4, -0.2) is 77.0 Å². The van der Waals surface area contributed by atoms with E-state index in [9.17, 15) is 74.6 Å². The smallest absolute Gasteiger partial charge is 0.416 e. The van der Waals surface area contributed by atoms with Gasteiger partial charge in [0.2, 0.25) is 0 Å². The van der Waals surface area contributed by atoms with Crippen LogP contribution in [0.3, 0.4) is 0 Å². The number of rotatable bonds is 31. The first-order valence-corrected chi connectivity index (χ1v) is 42.4. The van der Waals surface area contributed by atoms with Gasteiger partial charge in [-0.25, -0.2) is 24.0 Å². The molecule has 0 spiro atoms. The van der Waals surface area contributed by atoms with Crippen molar-refractivity contribution in [1.82, 2.24) is 21.3 Å². The lowest BCUT2D eigenvalue weighted by Crippen LogP contribution is -2.29. The fourth-order valence-electron chi connectivity index (χ4n) is 13.0. The van der Waals surface area contributed by atoms with Crippen molar-refractivity contribution in [3.8, 4) is 0 Å². The number of aliphatic hydroxyl groups excluding tert-OH is 1. The largest absolute Gasteiger partial charge is 0.478 e. The van der Waals surface area contributed by atoms with Crippen LogP contribution in [0.1, 0.15) is 177 Å². The Labute approximate surface area is 773 Å². The second-order valence-electron chi connectivity index (χ2n) is 31.1. The molecule has 20 N–H and O–H groups in total. The van der Waals surface area contributed by atoms with Crippen LogP contribution in [0.2, 0.25) is 0 Å². The number of alkyl halides is 6. The number of anilines is 9. The quantitative estimate of drug-likeness (QED) is 0.0109. The van der Waals surface area contributed by atoms with Gasteiger partial charge in [0.15, 0.2) is 0 Å². The van der Waals surface area contributed by atoms with E-state index in [2.05, 4.69) is 42.5 Å².